The molecular formula is C30H31N15. The molecule has 6 N–H and O–H groups in total. The number of rotatable bonds is 12. The van der Waals surface area contributed by atoms with Crippen LogP contribution < -0.4 is 22.1 Å². The van der Waals surface area contributed by atoms with Crippen molar-refractivity contribution in [3.05, 3.63) is 96.3 Å². The molecule has 0 radical (unpaired) electrons. The molecule has 15 nitrogen and oxygen atoms in total. The van der Waals surface area contributed by atoms with E-state index in [0.717, 1.165) is 23.2 Å². The molecule has 0 atom stereocenters. The van der Waals surface area contributed by atoms with Gasteiger partial charge < -0.3 is 31.2 Å². The number of nitrogens with two attached hydrogens (primary N) is 2. The summed E-state index contributed by atoms with van der Waals surface area (Å²) in [5.74, 6) is 1.56. The predicted octanol–water partition coefficient (Wildman–Crippen LogP) is 3.08. The third-order valence-electron chi connectivity index (χ3n) is 7.27. The zero-order valence-corrected chi connectivity index (χ0v) is 24.3. The first-order chi connectivity index (χ1) is 22.1. The summed E-state index contributed by atoms with van der Waals surface area (Å²) in [5.41, 5.74) is 17.7. The smallest absolute Gasteiger partial charge is 0.224 e. The molecule has 0 aliphatic carbocycles. The van der Waals surface area contributed by atoms with Crippen LogP contribution in [0.4, 0.5) is 23.5 Å². The first kappa shape index (κ1) is 27.7. The van der Waals surface area contributed by atoms with Crippen molar-refractivity contribution >= 4 is 45.9 Å². The summed E-state index contributed by atoms with van der Waals surface area (Å²) in [4.78, 5) is 26.7. The number of nitrogens with zero attached hydrogens (tertiary/aromatic N) is 11. The third-order valence-corrected chi connectivity index (χ3v) is 7.27. The first-order valence-corrected chi connectivity index (χ1v) is 14.5. The lowest BCUT2D eigenvalue weighted by Crippen LogP contribution is -2.08. The number of hydrogen-bond donors (Lipinski definition) is 4. The van der Waals surface area contributed by atoms with E-state index < -0.39 is 0 Å². The molecule has 0 bridgehead atoms. The standard InChI is InChI=1S/C30H31N15/c31-29-37-25(33-14-20-8-3-1-4-9-20)23-27(39-29)43(18-35-23)12-7-13-45-17-22(41-42-45)16-44-19-36-24-26(38-30(32)40-28(24)44)34-15-21-10-5-2-6-11-21/h1-6,8-11,17-19H,7,12-16H2,(H3,31,33,37,39)(H3,32,34,38,40). The van der Waals surface area contributed by atoms with Crippen LogP contribution in [0.2, 0.25) is 0 Å². The van der Waals surface area contributed by atoms with Gasteiger partial charge >= 0.3 is 0 Å². The van der Waals surface area contributed by atoms with Crippen LogP contribution in [-0.4, -0.2) is 54.0 Å². The second-order valence-electron chi connectivity index (χ2n) is 10.5. The number of benzene rings is 2. The number of imidazole rings is 2. The van der Waals surface area contributed by atoms with Crippen molar-refractivity contribution in [1.29, 1.82) is 0 Å². The molecule has 2 aromatic carbocycles. The number of aromatic nitrogens is 11. The van der Waals surface area contributed by atoms with E-state index in [1.807, 2.05) is 80.7 Å². The van der Waals surface area contributed by atoms with Crippen LogP contribution in [0.3, 0.4) is 0 Å². The maximum atomic E-state index is 6.04. The highest BCUT2D eigenvalue weighted by atomic mass is 15.4. The van der Waals surface area contributed by atoms with E-state index in [1.165, 1.54) is 0 Å². The zero-order chi connectivity index (χ0) is 30.6. The Balaban J connectivity index is 0.987. The minimum absolute atomic E-state index is 0.168. The molecule has 0 unspecified atom stereocenters. The lowest BCUT2D eigenvalue weighted by Gasteiger charge is -2.08. The van der Waals surface area contributed by atoms with Gasteiger partial charge in [0.1, 0.15) is 5.69 Å². The van der Waals surface area contributed by atoms with Gasteiger partial charge in [0.05, 0.1) is 25.4 Å². The average Bonchev–Trinajstić information content (AvgIpc) is 3.79. The van der Waals surface area contributed by atoms with Crippen LogP contribution in [-0.2, 0) is 32.7 Å². The van der Waals surface area contributed by atoms with Crippen molar-refractivity contribution in [3.8, 4) is 0 Å². The first-order valence-electron chi connectivity index (χ1n) is 14.5. The molecule has 0 spiro atoms. The molecule has 0 aliphatic heterocycles. The lowest BCUT2D eigenvalue weighted by atomic mass is 10.2. The van der Waals surface area contributed by atoms with Gasteiger partial charge in [-0.2, -0.15) is 19.9 Å². The van der Waals surface area contributed by atoms with Gasteiger partial charge in [0.25, 0.3) is 0 Å². The van der Waals surface area contributed by atoms with Gasteiger partial charge in [0, 0.05) is 26.2 Å². The fourth-order valence-corrected chi connectivity index (χ4v) is 5.11. The quantitative estimate of drug-likeness (QED) is 0.160. The highest BCUT2D eigenvalue weighted by Crippen LogP contribution is 2.22. The highest BCUT2D eigenvalue weighted by molar-refractivity contribution is 5.85. The number of nitrogen functional groups attached to an aromatic ring is 2. The summed E-state index contributed by atoms with van der Waals surface area (Å²) in [5, 5.41) is 15.3. The zero-order valence-electron chi connectivity index (χ0n) is 24.3. The highest BCUT2D eigenvalue weighted by Gasteiger charge is 2.15. The topological polar surface area (TPSA) is 194 Å². The minimum atomic E-state index is 0.168. The molecule has 7 rings (SSSR count). The van der Waals surface area contributed by atoms with Crippen molar-refractivity contribution in [1.82, 2.24) is 54.0 Å². The summed E-state index contributed by atoms with van der Waals surface area (Å²) in [6, 6.07) is 20.1. The third kappa shape index (κ3) is 6.17. The summed E-state index contributed by atoms with van der Waals surface area (Å²) in [7, 11) is 0. The van der Waals surface area contributed by atoms with Gasteiger partial charge in [-0.25, -0.2) is 9.97 Å². The molecule has 15 heteroatoms. The Morgan fingerprint density at radius 3 is 1.80 bits per heavy atom. The Morgan fingerprint density at radius 1 is 0.644 bits per heavy atom. The molecular weight excluding hydrogens is 570 g/mol. The molecule has 0 amide bonds. The van der Waals surface area contributed by atoms with E-state index in [9.17, 15) is 0 Å². The molecule has 5 heterocycles. The molecule has 0 aliphatic rings. The molecule has 226 valence electrons. The summed E-state index contributed by atoms with van der Waals surface area (Å²) < 4.78 is 5.69. The van der Waals surface area contributed by atoms with E-state index in [-0.39, 0.29) is 11.9 Å². The molecule has 0 saturated heterocycles. The fraction of sp³-hybridized carbons (Fsp3) is 0.200. The molecule has 45 heavy (non-hydrogen) atoms. The van der Waals surface area contributed by atoms with Gasteiger partial charge in [-0.05, 0) is 17.5 Å². The maximum Gasteiger partial charge on any atom is 0.224 e. The van der Waals surface area contributed by atoms with Gasteiger partial charge in [0.2, 0.25) is 11.9 Å². The van der Waals surface area contributed by atoms with Crippen molar-refractivity contribution in [2.45, 2.75) is 39.1 Å². The second kappa shape index (κ2) is 12.2. The molecule has 0 saturated carbocycles. The van der Waals surface area contributed by atoms with E-state index in [0.29, 0.717) is 66.7 Å². The van der Waals surface area contributed by atoms with E-state index >= 15 is 0 Å². The van der Waals surface area contributed by atoms with Gasteiger partial charge in [-0.15, -0.1) is 5.10 Å². The molecule has 0 fully saturated rings. The molecule has 7 aromatic rings. The number of hydrogen-bond acceptors (Lipinski definition) is 12. The predicted molar refractivity (Wildman–Crippen MR) is 171 cm³/mol. The van der Waals surface area contributed by atoms with Crippen molar-refractivity contribution in [3.63, 3.8) is 0 Å². The van der Waals surface area contributed by atoms with Crippen molar-refractivity contribution in [2.75, 3.05) is 22.1 Å². The van der Waals surface area contributed by atoms with Crippen LogP contribution >= 0.6 is 0 Å². The average molecular weight is 602 g/mol. The van der Waals surface area contributed by atoms with Crippen LogP contribution in [0.5, 0.6) is 0 Å². The number of aryl methyl sites for hydroxylation is 2. The van der Waals surface area contributed by atoms with E-state index in [2.05, 4.69) is 50.8 Å². The molecule has 5 aromatic heterocycles. The number of fused-ring (bicyclic) bond motifs is 2. The van der Waals surface area contributed by atoms with Crippen molar-refractivity contribution < 1.29 is 0 Å². The van der Waals surface area contributed by atoms with Crippen LogP contribution in [0.25, 0.3) is 22.3 Å². The van der Waals surface area contributed by atoms with E-state index in [1.54, 1.807) is 12.7 Å². The van der Waals surface area contributed by atoms with Gasteiger partial charge in [-0.1, -0.05) is 65.9 Å². The SMILES string of the molecule is Nc1nc(NCc2ccccc2)c2ncn(CCCn3cc(Cn4cnc5c(NCc6ccccc6)nc(N)nc54)nn3)c2n1. The van der Waals surface area contributed by atoms with Crippen molar-refractivity contribution in [2.24, 2.45) is 0 Å². The minimum Gasteiger partial charge on any atom is -0.368 e. The fourth-order valence-electron chi connectivity index (χ4n) is 5.11. The van der Waals surface area contributed by atoms with Gasteiger partial charge in [0.15, 0.2) is 34.0 Å². The summed E-state index contributed by atoms with van der Waals surface area (Å²) >= 11 is 0. The Bertz CT molecular complexity index is 2050. The van der Waals surface area contributed by atoms with Crippen LogP contribution in [0, 0.1) is 0 Å². The monoisotopic (exact) mass is 601 g/mol. The normalized spacial score (nSPS) is 11.4. The Kier molecular flexibility index (Phi) is 7.53. The van der Waals surface area contributed by atoms with Gasteiger partial charge in [-0.3, -0.25) is 4.68 Å². The Morgan fingerprint density at radius 2 is 1.20 bits per heavy atom. The largest absolute Gasteiger partial charge is 0.368 e. The maximum absolute atomic E-state index is 6.04. The van der Waals surface area contributed by atoms with E-state index in [4.69, 9.17) is 11.5 Å². The summed E-state index contributed by atoms with van der Waals surface area (Å²) in [6.45, 7) is 2.96. The Hall–Kier alpha value is -6.12. The second-order valence-corrected chi connectivity index (χ2v) is 10.5. The van der Waals surface area contributed by atoms with Crippen LogP contribution in [0.15, 0.2) is 79.5 Å². The Labute approximate surface area is 257 Å². The summed E-state index contributed by atoms with van der Waals surface area (Å²) in [6.07, 6.45) is 6.17. The number of anilines is 4. The number of nitrogens with one attached hydrogen (secondary N) is 2. The lowest BCUT2D eigenvalue weighted by molar-refractivity contribution is 0.518. The van der Waals surface area contributed by atoms with Crippen LogP contribution in [0.1, 0.15) is 23.2 Å².